The lowest BCUT2D eigenvalue weighted by Crippen LogP contribution is -2.57. The molecule has 1 heterocycles. The molecule has 0 saturated heterocycles. The van der Waals surface area contributed by atoms with Crippen molar-refractivity contribution in [3.8, 4) is 0 Å². The van der Waals surface area contributed by atoms with Gasteiger partial charge in [-0.25, -0.2) is 4.79 Å². The maximum Gasteiger partial charge on any atom is 0.408 e. The summed E-state index contributed by atoms with van der Waals surface area (Å²) in [6, 6.07) is 3.45. The Labute approximate surface area is 152 Å². The smallest absolute Gasteiger partial charge is 0.408 e. The number of carboxylic acid groups (broad SMARTS) is 1. The first-order valence-corrected chi connectivity index (χ1v) is 10.4. The summed E-state index contributed by atoms with van der Waals surface area (Å²) < 4.78 is 0. The number of carbonyl (C=O) groups is 2. The van der Waals surface area contributed by atoms with Gasteiger partial charge in [0.05, 0.1) is 0 Å². The van der Waals surface area contributed by atoms with Crippen molar-refractivity contribution in [2.45, 2.75) is 51.6 Å². The van der Waals surface area contributed by atoms with Crippen LogP contribution in [0.2, 0.25) is 0 Å². The van der Waals surface area contributed by atoms with Crippen molar-refractivity contribution < 1.29 is 14.7 Å². The van der Waals surface area contributed by atoms with Gasteiger partial charge in [0.15, 0.2) is 0 Å². The number of amides is 2. The first kappa shape index (κ1) is 20.8. The zero-order valence-corrected chi connectivity index (χ0v) is 16.5. The second-order valence-electron chi connectivity index (χ2n) is 6.59. The molecule has 0 aliphatic heterocycles. The summed E-state index contributed by atoms with van der Waals surface area (Å²) in [7, 11) is 0. The highest BCUT2D eigenvalue weighted by atomic mass is 32.2. The molecule has 5 nitrogen and oxygen atoms in total. The van der Waals surface area contributed by atoms with Gasteiger partial charge in [0.1, 0.15) is 6.04 Å². The molecule has 1 rings (SSSR count). The number of thioether (sulfide) groups is 1. The quantitative estimate of drug-likeness (QED) is 0.649. The molecule has 0 radical (unpaired) electrons. The van der Waals surface area contributed by atoms with Gasteiger partial charge in [-0.05, 0) is 63.5 Å². The Morgan fingerprint density at radius 3 is 2.62 bits per heavy atom. The van der Waals surface area contributed by atoms with Crippen molar-refractivity contribution in [3.05, 3.63) is 22.4 Å². The first-order chi connectivity index (χ1) is 11.3. The molecule has 1 aromatic rings. The summed E-state index contributed by atoms with van der Waals surface area (Å²) in [6.45, 7) is 6.01. The Morgan fingerprint density at radius 1 is 1.42 bits per heavy atom. The monoisotopic (exact) mass is 372 g/mol. The van der Waals surface area contributed by atoms with Crippen LogP contribution in [0.1, 0.15) is 38.5 Å². The summed E-state index contributed by atoms with van der Waals surface area (Å²) in [5.74, 6) is 0.542. The van der Waals surface area contributed by atoms with E-state index in [-0.39, 0.29) is 5.91 Å². The lowest BCUT2D eigenvalue weighted by molar-refractivity contribution is -0.127. The molecular formula is C17H28N2O3S2. The van der Waals surface area contributed by atoms with Crippen LogP contribution < -0.4 is 5.32 Å². The Balaban J connectivity index is 2.64. The van der Waals surface area contributed by atoms with Crippen LogP contribution in [0.15, 0.2) is 17.5 Å². The number of carbonyl (C=O) groups excluding carboxylic acids is 1. The van der Waals surface area contributed by atoms with Crippen LogP contribution in [0.4, 0.5) is 4.79 Å². The van der Waals surface area contributed by atoms with Crippen LogP contribution in [-0.2, 0) is 11.2 Å². The average Bonchev–Trinajstić information content (AvgIpc) is 2.99. The zero-order chi connectivity index (χ0) is 18.2. The molecule has 136 valence electrons. The minimum absolute atomic E-state index is 0.201. The molecule has 0 aromatic carbocycles. The molecule has 0 unspecified atom stereocenters. The maximum atomic E-state index is 12.6. The molecule has 2 amide bonds. The van der Waals surface area contributed by atoms with E-state index < -0.39 is 17.7 Å². The van der Waals surface area contributed by atoms with Crippen LogP contribution >= 0.6 is 23.1 Å². The van der Waals surface area contributed by atoms with Gasteiger partial charge in [0.2, 0.25) is 5.91 Å². The highest BCUT2D eigenvalue weighted by molar-refractivity contribution is 7.98. The molecule has 1 atom stereocenters. The third-order valence-corrected chi connectivity index (χ3v) is 5.20. The predicted octanol–water partition coefficient (Wildman–Crippen LogP) is 3.70. The van der Waals surface area contributed by atoms with E-state index in [1.807, 2.05) is 38.5 Å². The molecule has 1 aromatic heterocycles. The van der Waals surface area contributed by atoms with Gasteiger partial charge in [0, 0.05) is 17.0 Å². The number of hydrogen-bond donors (Lipinski definition) is 2. The van der Waals surface area contributed by atoms with Crippen molar-refractivity contribution in [3.63, 3.8) is 0 Å². The number of nitrogens with one attached hydrogen (secondary N) is 1. The topological polar surface area (TPSA) is 69.6 Å². The minimum atomic E-state index is -1.05. The summed E-state index contributed by atoms with van der Waals surface area (Å²) >= 11 is 3.33. The van der Waals surface area contributed by atoms with Gasteiger partial charge >= 0.3 is 6.09 Å². The van der Waals surface area contributed by atoms with Crippen molar-refractivity contribution in [2.75, 3.05) is 18.6 Å². The van der Waals surface area contributed by atoms with Crippen molar-refractivity contribution in [1.82, 2.24) is 10.2 Å². The second kappa shape index (κ2) is 9.93. The van der Waals surface area contributed by atoms with E-state index in [0.717, 1.165) is 18.6 Å². The lowest BCUT2D eigenvalue weighted by Gasteiger charge is -2.38. The van der Waals surface area contributed by atoms with Crippen LogP contribution in [0.5, 0.6) is 0 Å². The van der Waals surface area contributed by atoms with E-state index in [9.17, 15) is 14.7 Å². The van der Waals surface area contributed by atoms with Gasteiger partial charge in [0.25, 0.3) is 0 Å². The normalized spacial score (nSPS) is 12.7. The summed E-state index contributed by atoms with van der Waals surface area (Å²) in [6.07, 6.45) is 3.20. The Kier molecular flexibility index (Phi) is 8.62. The molecule has 0 saturated carbocycles. The van der Waals surface area contributed by atoms with E-state index >= 15 is 0 Å². The fourth-order valence-corrected chi connectivity index (χ4v) is 3.75. The van der Waals surface area contributed by atoms with E-state index in [2.05, 4.69) is 11.4 Å². The van der Waals surface area contributed by atoms with E-state index in [0.29, 0.717) is 13.0 Å². The molecular weight excluding hydrogens is 344 g/mol. The van der Waals surface area contributed by atoms with E-state index in [4.69, 9.17) is 0 Å². The Hall–Kier alpha value is -1.21. The highest BCUT2D eigenvalue weighted by Crippen LogP contribution is 2.21. The Morgan fingerprint density at radius 2 is 2.12 bits per heavy atom. The Bertz CT molecular complexity index is 512. The van der Waals surface area contributed by atoms with E-state index in [1.165, 1.54) is 9.78 Å². The van der Waals surface area contributed by atoms with Gasteiger partial charge in [-0.15, -0.1) is 11.3 Å². The molecule has 7 heteroatoms. The summed E-state index contributed by atoms with van der Waals surface area (Å²) in [5, 5.41) is 14.5. The second-order valence-corrected chi connectivity index (χ2v) is 8.61. The molecule has 0 aliphatic carbocycles. The largest absolute Gasteiger partial charge is 0.465 e. The van der Waals surface area contributed by atoms with Gasteiger partial charge in [-0.1, -0.05) is 6.07 Å². The van der Waals surface area contributed by atoms with Crippen molar-refractivity contribution in [1.29, 1.82) is 0 Å². The number of rotatable bonds is 9. The fraction of sp³-hybridized carbons (Fsp3) is 0.647. The van der Waals surface area contributed by atoms with Crippen LogP contribution in [0.25, 0.3) is 0 Å². The standard InChI is InChI=1S/C17H28N2O3S2/c1-17(2,3)19(16(21)22)14(9-12-23-4)15(20)18-10-5-7-13-8-6-11-24-13/h6,8,11,14H,5,7,9-10,12H2,1-4H3,(H,18,20)(H,21,22)/t14-/m1/s1. The predicted molar refractivity (Wildman–Crippen MR) is 102 cm³/mol. The molecule has 0 aliphatic rings. The molecule has 0 spiro atoms. The highest BCUT2D eigenvalue weighted by Gasteiger charge is 2.36. The van der Waals surface area contributed by atoms with Gasteiger partial charge in [-0.2, -0.15) is 11.8 Å². The third kappa shape index (κ3) is 6.73. The summed E-state index contributed by atoms with van der Waals surface area (Å²) in [5.41, 5.74) is -0.622. The van der Waals surface area contributed by atoms with Gasteiger partial charge < -0.3 is 10.4 Å². The van der Waals surface area contributed by atoms with Crippen LogP contribution in [0, 0.1) is 0 Å². The first-order valence-electron chi connectivity index (χ1n) is 8.08. The zero-order valence-electron chi connectivity index (χ0n) is 14.9. The van der Waals surface area contributed by atoms with Gasteiger partial charge in [-0.3, -0.25) is 9.69 Å². The van der Waals surface area contributed by atoms with Crippen molar-refractivity contribution >= 4 is 35.1 Å². The average molecular weight is 373 g/mol. The summed E-state index contributed by atoms with van der Waals surface area (Å²) in [4.78, 5) is 26.8. The van der Waals surface area contributed by atoms with E-state index in [1.54, 1.807) is 23.1 Å². The molecule has 24 heavy (non-hydrogen) atoms. The minimum Gasteiger partial charge on any atom is -0.465 e. The molecule has 0 fully saturated rings. The number of aryl methyl sites for hydroxylation is 1. The number of hydrogen-bond acceptors (Lipinski definition) is 4. The maximum absolute atomic E-state index is 12.6. The SMILES string of the molecule is CSCC[C@H](C(=O)NCCCc1cccs1)N(C(=O)O)C(C)(C)C. The number of thiophene rings is 1. The molecule has 0 bridgehead atoms. The lowest BCUT2D eigenvalue weighted by atomic mass is 10.0. The number of nitrogens with zero attached hydrogens (tertiary/aromatic N) is 1. The van der Waals surface area contributed by atoms with Crippen molar-refractivity contribution in [2.24, 2.45) is 0 Å². The fourth-order valence-electron chi connectivity index (χ4n) is 2.54. The molecule has 2 N–H and O–H groups in total. The van der Waals surface area contributed by atoms with Crippen LogP contribution in [0.3, 0.4) is 0 Å². The van der Waals surface area contributed by atoms with Crippen LogP contribution in [-0.4, -0.2) is 52.1 Å². The third-order valence-electron chi connectivity index (χ3n) is 3.62.